The molecule has 1 aliphatic carbocycles. The first-order chi connectivity index (χ1) is 15.3. The van der Waals surface area contributed by atoms with Crippen LogP contribution in [0, 0.1) is 16.7 Å². The first-order valence-corrected chi connectivity index (χ1v) is 11.9. The van der Waals surface area contributed by atoms with Crippen LogP contribution >= 0.6 is 23.4 Å². The molecule has 4 rings (SSSR count). The summed E-state index contributed by atoms with van der Waals surface area (Å²) in [5, 5.41) is 15.2. The molecule has 6 heteroatoms. The Balaban J connectivity index is 1.75. The van der Waals surface area contributed by atoms with E-state index in [2.05, 4.69) is 25.2 Å². The number of Topliss-reactive ketones (excluding diaryl/α,β-unsaturated/α-hetero) is 1. The largest absolute Gasteiger partial charge is 0.497 e. The number of carbonyl (C=O) groups is 1. The number of ketones is 1. The molecule has 164 valence electrons. The number of carbonyl (C=O) groups excluding carboxylic acids is 1. The van der Waals surface area contributed by atoms with E-state index in [0.717, 1.165) is 39.6 Å². The summed E-state index contributed by atoms with van der Waals surface area (Å²) in [5.74, 6) is 1.17. The lowest BCUT2D eigenvalue weighted by molar-refractivity contribution is -0.118. The number of nitrogens with one attached hydrogen (secondary N) is 1. The molecule has 0 radical (unpaired) electrons. The maximum Gasteiger partial charge on any atom is 0.162 e. The van der Waals surface area contributed by atoms with Crippen LogP contribution in [0.4, 0.5) is 0 Å². The standard InChI is InChI=1S/C26H25ClN2O2S/c1-26(2)12-21-24(22(30)13-26)23(17-6-10-19(31-3)11-7-17)20(14-28)25(29-21)32-15-16-4-8-18(27)9-5-16/h4-11,23,29H,12-13,15H2,1-3H3/t23-/m0/s1. The van der Waals surface area contributed by atoms with Crippen molar-refractivity contribution in [3.8, 4) is 11.8 Å². The second-order valence-corrected chi connectivity index (χ2v) is 10.4. The average molecular weight is 465 g/mol. The van der Waals surface area contributed by atoms with Gasteiger partial charge in [0.2, 0.25) is 0 Å². The summed E-state index contributed by atoms with van der Waals surface area (Å²) in [7, 11) is 1.62. The summed E-state index contributed by atoms with van der Waals surface area (Å²) >= 11 is 7.60. The SMILES string of the molecule is COc1ccc([C@H]2C(C#N)=C(SCc3ccc(Cl)cc3)NC3=C2C(=O)CC(C)(C)C3)cc1. The van der Waals surface area contributed by atoms with Crippen molar-refractivity contribution >= 4 is 29.1 Å². The van der Waals surface area contributed by atoms with Gasteiger partial charge in [-0.05, 0) is 47.2 Å². The first kappa shape index (κ1) is 22.5. The molecular weight excluding hydrogens is 440 g/mol. The third-order valence-electron chi connectivity index (χ3n) is 5.87. The van der Waals surface area contributed by atoms with Gasteiger partial charge in [0.05, 0.1) is 29.7 Å². The lowest BCUT2D eigenvalue weighted by Gasteiger charge is -2.39. The molecule has 32 heavy (non-hydrogen) atoms. The zero-order chi connectivity index (χ0) is 22.9. The number of rotatable bonds is 5. The smallest absolute Gasteiger partial charge is 0.162 e. The Bertz CT molecular complexity index is 1140. The Hall–Kier alpha value is -2.68. The number of allylic oxidation sites excluding steroid dienone is 3. The molecule has 2 aromatic rings. The van der Waals surface area contributed by atoms with Gasteiger partial charge < -0.3 is 10.1 Å². The number of nitrogens with zero attached hydrogens (tertiary/aromatic N) is 1. The van der Waals surface area contributed by atoms with Crippen LogP contribution in [-0.4, -0.2) is 12.9 Å². The third-order valence-corrected chi connectivity index (χ3v) is 7.21. The molecule has 0 amide bonds. The highest BCUT2D eigenvalue weighted by atomic mass is 35.5. The molecule has 0 fully saturated rings. The van der Waals surface area contributed by atoms with Gasteiger partial charge in [-0.3, -0.25) is 4.79 Å². The molecule has 1 N–H and O–H groups in total. The van der Waals surface area contributed by atoms with Gasteiger partial charge in [-0.1, -0.05) is 49.7 Å². The monoisotopic (exact) mass is 464 g/mol. The van der Waals surface area contributed by atoms with Gasteiger partial charge in [-0.15, -0.1) is 11.8 Å². The van der Waals surface area contributed by atoms with Crippen molar-refractivity contribution in [2.24, 2.45) is 5.41 Å². The van der Waals surface area contributed by atoms with Crippen LogP contribution in [0.1, 0.15) is 43.7 Å². The first-order valence-electron chi connectivity index (χ1n) is 10.5. The summed E-state index contributed by atoms with van der Waals surface area (Å²) in [6.07, 6.45) is 1.25. The Morgan fingerprint density at radius 2 is 1.84 bits per heavy atom. The molecule has 0 bridgehead atoms. The second-order valence-electron chi connectivity index (χ2n) is 8.93. The predicted molar refractivity (Wildman–Crippen MR) is 129 cm³/mol. The van der Waals surface area contributed by atoms with Crippen molar-refractivity contribution in [1.82, 2.24) is 5.32 Å². The number of hydrogen-bond acceptors (Lipinski definition) is 5. The van der Waals surface area contributed by atoms with Crippen molar-refractivity contribution in [2.75, 3.05) is 7.11 Å². The van der Waals surface area contributed by atoms with Crippen molar-refractivity contribution in [3.05, 3.63) is 86.6 Å². The van der Waals surface area contributed by atoms with Crippen molar-refractivity contribution in [3.63, 3.8) is 0 Å². The van der Waals surface area contributed by atoms with E-state index in [1.54, 1.807) is 18.9 Å². The number of ether oxygens (including phenoxy) is 1. The Morgan fingerprint density at radius 3 is 2.47 bits per heavy atom. The highest BCUT2D eigenvalue weighted by Gasteiger charge is 2.41. The summed E-state index contributed by atoms with van der Waals surface area (Å²) in [5.41, 5.74) is 4.16. The van der Waals surface area contributed by atoms with E-state index in [1.807, 2.05) is 48.5 Å². The highest BCUT2D eigenvalue weighted by Crippen LogP contribution is 2.48. The van der Waals surface area contributed by atoms with Crippen LogP contribution in [0.2, 0.25) is 5.02 Å². The fraction of sp³-hybridized carbons (Fsp3) is 0.308. The summed E-state index contributed by atoms with van der Waals surface area (Å²) < 4.78 is 5.30. The van der Waals surface area contributed by atoms with Gasteiger partial charge in [-0.2, -0.15) is 5.26 Å². The Kier molecular flexibility index (Phi) is 6.37. The molecular formula is C26H25ClN2O2S. The number of benzene rings is 2. The molecule has 1 heterocycles. The lowest BCUT2D eigenvalue weighted by Crippen LogP contribution is -2.36. The zero-order valence-electron chi connectivity index (χ0n) is 18.4. The summed E-state index contributed by atoms with van der Waals surface area (Å²) in [6.45, 7) is 4.23. The van der Waals surface area contributed by atoms with Gasteiger partial charge in [0.1, 0.15) is 5.75 Å². The molecule has 2 aromatic carbocycles. The molecule has 0 saturated heterocycles. The summed E-state index contributed by atoms with van der Waals surface area (Å²) in [4.78, 5) is 13.3. The van der Waals surface area contributed by atoms with E-state index in [4.69, 9.17) is 16.3 Å². The second kappa shape index (κ2) is 9.05. The van der Waals surface area contributed by atoms with E-state index < -0.39 is 0 Å². The normalized spacial score (nSPS) is 19.8. The number of dihydropyridines is 1. The minimum atomic E-state index is -0.376. The van der Waals surface area contributed by atoms with Crippen LogP contribution < -0.4 is 10.1 Å². The molecule has 0 saturated carbocycles. The summed E-state index contributed by atoms with van der Waals surface area (Å²) in [6, 6.07) is 17.8. The maximum absolute atomic E-state index is 13.3. The predicted octanol–water partition coefficient (Wildman–Crippen LogP) is 6.35. The highest BCUT2D eigenvalue weighted by molar-refractivity contribution is 8.02. The van der Waals surface area contributed by atoms with E-state index in [1.165, 1.54) is 0 Å². The number of hydrogen-bond donors (Lipinski definition) is 1. The Labute approximate surface area is 198 Å². The number of thioether (sulfide) groups is 1. The van der Waals surface area contributed by atoms with Crippen LogP contribution in [-0.2, 0) is 10.5 Å². The van der Waals surface area contributed by atoms with E-state index in [9.17, 15) is 10.1 Å². The number of methoxy groups -OCH3 is 1. The minimum Gasteiger partial charge on any atom is -0.497 e. The third kappa shape index (κ3) is 4.57. The van der Waals surface area contributed by atoms with E-state index >= 15 is 0 Å². The molecule has 0 unspecified atom stereocenters. The van der Waals surface area contributed by atoms with Crippen LogP contribution in [0.25, 0.3) is 0 Å². The number of nitriles is 1. The maximum atomic E-state index is 13.3. The van der Waals surface area contributed by atoms with Gasteiger partial charge >= 0.3 is 0 Å². The Morgan fingerprint density at radius 1 is 1.16 bits per heavy atom. The molecule has 1 aliphatic heterocycles. The molecule has 4 nitrogen and oxygen atoms in total. The quantitative estimate of drug-likeness (QED) is 0.558. The molecule has 2 aliphatic rings. The zero-order valence-corrected chi connectivity index (χ0v) is 19.9. The van der Waals surface area contributed by atoms with Gasteiger partial charge in [0.25, 0.3) is 0 Å². The fourth-order valence-electron chi connectivity index (χ4n) is 4.36. The van der Waals surface area contributed by atoms with Crippen LogP contribution in [0.5, 0.6) is 5.75 Å². The van der Waals surface area contributed by atoms with Crippen LogP contribution in [0.15, 0.2) is 70.4 Å². The van der Waals surface area contributed by atoms with Crippen molar-refractivity contribution in [1.29, 1.82) is 5.26 Å². The minimum absolute atomic E-state index is 0.110. The van der Waals surface area contributed by atoms with Crippen molar-refractivity contribution in [2.45, 2.75) is 38.4 Å². The lowest BCUT2D eigenvalue weighted by atomic mass is 9.69. The van der Waals surface area contributed by atoms with Crippen LogP contribution in [0.3, 0.4) is 0 Å². The fourth-order valence-corrected chi connectivity index (χ4v) is 5.50. The van der Waals surface area contributed by atoms with Crippen molar-refractivity contribution < 1.29 is 9.53 Å². The molecule has 1 atom stereocenters. The topological polar surface area (TPSA) is 62.1 Å². The van der Waals surface area contributed by atoms with Gasteiger partial charge in [0, 0.05) is 28.5 Å². The molecule has 0 spiro atoms. The van der Waals surface area contributed by atoms with Gasteiger partial charge in [0.15, 0.2) is 5.78 Å². The average Bonchev–Trinajstić information content (AvgIpc) is 2.77. The van der Waals surface area contributed by atoms with E-state index in [0.29, 0.717) is 22.8 Å². The van der Waals surface area contributed by atoms with Gasteiger partial charge in [-0.25, -0.2) is 0 Å². The number of halogens is 1. The van der Waals surface area contributed by atoms with E-state index in [-0.39, 0.29) is 17.1 Å². The molecule has 0 aromatic heterocycles.